The quantitative estimate of drug-likeness (QED) is 0.375. The van der Waals surface area contributed by atoms with Crippen molar-refractivity contribution in [3.8, 4) is 0 Å². The van der Waals surface area contributed by atoms with Gasteiger partial charge in [-0.2, -0.15) is 7.11 Å². The molecule has 0 aliphatic carbocycles. The monoisotopic (exact) mass is 63.0 g/mol. The molecule has 0 rings (SSSR count). The van der Waals surface area contributed by atoms with Crippen LogP contribution in [0, 0.1) is 0 Å². The van der Waals surface area contributed by atoms with Gasteiger partial charge < -0.3 is 10.2 Å². The third kappa shape index (κ3) is 254. The summed E-state index contributed by atoms with van der Waals surface area (Å²) >= 11 is 0. The molecular weight excluding hydrogens is 56.0 g/mol. The molecule has 0 spiro atoms. The van der Waals surface area contributed by atoms with E-state index in [1.165, 1.54) is 0 Å². The van der Waals surface area contributed by atoms with Crippen LogP contribution in [0.5, 0.6) is 0 Å². The number of aliphatic hydroxyl groups excluding tert-OH is 1. The van der Waals surface area contributed by atoms with Gasteiger partial charge in [0.25, 0.3) is 0 Å². The first-order valence-electron chi connectivity index (χ1n) is 0.855. The fourth-order valence-electron chi connectivity index (χ4n) is 0. The molecule has 0 aliphatic heterocycles. The maximum atomic E-state index is 8.25. The predicted molar refractivity (Wildman–Crippen MR) is 14.1 cm³/mol. The molecule has 0 saturated heterocycles. The molecule has 2 nitrogen and oxygen atoms in total. The molecule has 0 amide bonds. The van der Waals surface area contributed by atoms with E-state index in [1.54, 1.807) is 0 Å². The van der Waals surface area contributed by atoms with E-state index < -0.39 is 0 Å². The highest BCUT2D eigenvalue weighted by Crippen LogP contribution is 0.755. The van der Waals surface area contributed by atoms with Crippen molar-refractivity contribution >= 4 is 0 Å². The minimum Gasteiger partial charge on any atom is -0.857 e. The second kappa shape index (κ2) is 1680. The van der Waals surface area contributed by atoms with E-state index in [0.29, 0.717) is 0 Å². The van der Waals surface area contributed by atoms with Gasteiger partial charge in [0.15, 0.2) is 0 Å². The molecule has 2 heteroatoms. The zero-order valence-electron chi connectivity index (χ0n) is 2.86. The number of hydrogen-bond donors (Lipinski definition) is 1. The van der Waals surface area contributed by atoms with Gasteiger partial charge >= 0.3 is 0 Å². The van der Waals surface area contributed by atoms with Gasteiger partial charge in [0.05, 0.1) is 0 Å². The molecule has 0 unspecified atom stereocenters. The van der Waals surface area contributed by atoms with E-state index in [1.807, 2.05) is 0 Å². The number of aliphatic hydroxyl groups is 1. The standard InChI is InChI=1S/CH4O.CH3O/c2*1-2/h2H,1H3;1H3/q;-1. The van der Waals surface area contributed by atoms with Gasteiger partial charge in [-0.3, -0.25) is 0 Å². The van der Waals surface area contributed by atoms with Crippen molar-refractivity contribution in [2.24, 2.45) is 0 Å². The van der Waals surface area contributed by atoms with Crippen LogP contribution < -0.4 is 5.11 Å². The first-order chi connectivity index (χ1) is 2.00. The summed E-state index contributed by atoms with van der Waals surface area (Å²) in [6.07, 6.45) is 0. The topological polar surface area (TPSA) is 43.3 Å². The Kier molecular flexibility index (Phi) is 3810. The van der Waals surface area contributed by atoms with Crippen LogP contribution in [-0.2, 0) is 0 Å². The minimum absolute atomic E-state index is 0.750. The fraction of sp³-hybridized carbons (Fsp3) is 1.00. The van der Waals surface area contributed by atoms with Crippen LogP contribution in [0.25, 0.3) is 0 Å². The van der Waals surface area contributed by atoms with Crippen molar-refractivity contribution < 1.29 is 10.2 Å². The third-order valence-electron chi connectivity index (χ3n) is 0. The lowest BCUT2D eigenvalue weighted by Crippen LogP contribution is -1.81. The molecule has 1 N–H and O–H groups in total. The molecule has 0 fully saturated rings. The number of rotatable bonds is 0. The molecule has 0 heterocycles. The van der Waals surface area contributed by atoms with Crippen molar-refractivity contribution in [2.45, 2.75) is 0 Å². The molecule has 0 bridgehead atoms. The summed E-state index contributed by atoms with van der Waals surface area (Å²) in [6.45, 7) is 0. The Bertz CT molecular complexity index is 4.00. The van der Waals surface area contributed by atoms with Crippen molar-refractivity contribution in [1.29, 1.82) is 0 Å². The summed E-state index contributed by atoms with van der Waals surface area (Å²) in [7, 11) is 1.75. The van der Waals surface area contributed by atoms with Crippen molar-refractivity contribution in [2.75, 3.05) is 14.2 Å². The lowest BCUT2D eigenvalue weighted by atomic mass is 11.8. The maximum Gasteiger partial charge on any atom is 0.0319 e. The van der Waals surface area contributed by atoms with Gasteiger partial charge in [-0.15, -0.1) is 0 Å². The smallest absolute Gasteiger partial charge is 0.0319 e. The Labute approximate surface area is 25.7 Å². The average Bonchev–Trinajstić information content (AvgIpc) is 1.50. The van der Waals surface area contributed by atoms with Crippen LogP contribution in [0.1, 0.15) is 0 Å². The van der Waals surface area contributed by atoms with Gasteiger partial charge in [0.1, 0.15) is 0 Å². The Morgan fingerprint density at radius 1 is 1.25 bits per heavy atom. The van der Waals surface area contributed by atoms with E-state index in [0.717, 1.165) is 14.2 Å². The summed E-state index contributed by atoms with van der Waals surface area (Å²) in [5, 5.41) is 15.2. The van der Waals surface area contributed by atoms with Gasteiger partial charge in [-0.1, -0.05) is 0 Å². The van der Waals surface area contributed by atoms with E-state index in [2.05, 4.69) is 0 Å². The maximum absolute atomic E-state index is 8.25. The second-order valence-electron chi connectivity index (χ2n) is 0. The van der Waals surface area contributed by atoms with E-state index in [9.17, 15) is 0 Å². The Hall–Kier alpha value is -0.0800. The minimum atomic E-state index is 0.750. The molecule has 0 atom stereocenters. The van der Waals surface area contributed by atoms with Crippen LogP contribution in [-0.4, -0.2) is 19.3 Å². The number of hydrogen-bond acceptors (Lipinski definition) is 2. The highest BCUT2D eigenvalue weighted by Gasteiger charge is 0.839. The van der Waals surface area contributed by atoms with Crippen LogP contribution >= 0.6 is 0 Å². The molecule has 4 heavy (non-hydrogen) atoms. The SMILES string of the molecule is CO.C[O-]. The summed E-state index contributed by atoms with van der Waals surface area (Å²) in [5.74, 6) is 0. The Morgan fingerprint density at radius 3 is 1.25 bits per heavy atom. The Morgan fingerprint density at radius 2 is 1.25 bits per heavy atom. The average molecular weight is 63.1 g/mol. The molecule has 0 aromatic rings. The molecule has 28 valence electrons. The molecular formula is C2H7O2-. The fourth-order valence-corrected chi connectivity index (χ4v) is 0. The normalized spacial score (nSPS) is 3.00. The predicted octanol–water partition coefficient (Wildman–Crippen LogP) is -1.42. The molecule has 0 aliphatic rings. The molecule has 0 radical (unpaired) electrons. The summed E-state index contributed by atoms with van der Waals surface area (Å²) in [5.41, 5.74) is 0. The molecule has 0 saturated carbocycles. The second-order valence-corrected chi connectivity index (χ2v) is 0. The van der Waals surface area contributed by atoms with Gasteiger partial charge in [0.2, 0.25) is 0 Å². The van der Waals surface area contributed by atoms with Crippen molar-refractivity contribution in [1.82, 2.24) is 0 Å². The van der Waals surface area contributed by atoms with E-state index >= 15 is 0 Å². The largest absolute Gasteiger partial charge is 0.857 e. The van der Waals surface area contributed by atoms with Crippen LogP contribution in [0.2, 0.25) is 0 Å². The first kappa shape index (κ1) is 9.07. The lowest BCUT2D eigenvalue weighted by Gasteiger charge is -1.57. The Balaban J connectivity index is 0. The third-order valence-corrected chi connectivity index (χ3v) is 0. The zero-order valence-corrected chi connectivity index (χ0v) is 2.86. The summed E-state index contributed by atoms with van der Waals surface area (Å²) < 4.78 is 0. The van der Waals surface area contributed by atoms with Crippen LogP contribution in [0.15, 0.2) is 0 Å². The van der Waals surface area contributed by atoms with Gasteiger partial charge in [-0.25, -0.2) is 0 Å². The van der Waals surface area contributed by atoms with E-state index in [4.69, 9.17) is 10.2 Å². The van der Waals surface area contributed by atoms with Gasteiger partial charge in [-0.05, 0) is 0 Å². The highest BCUT2D eigenvalue weighted by molar-refractivity contribution is 3.18. The van der Waals surface area contributed by atoms with Crippen LogP contribution in [0.3, 0.4) is 0 Å². The van der Waals surface area contributed by atoms with Crippen molar-refractivity contribution in [3.63, 3.8) is 0 Å². The van der Waals surface area contributed by atoms with Crippen molar-refractivity contribution in [3.05, 3.63) is 0 Å². The zero-order chi connectivity index (χ0) is 4.00. The molecule has 0 aromatic heterocycles. The van der Waals surface area contributed by atoms with Gasteiger partial charge in [0, 0.05) is 7.11 Å². The lowest BCUT2D eigenvalue weighted by molar-refractivity contribution is -0.325. The summed E-state index contributed by atoms with van der Waals surface area (Å²) in [6, 6.07) is 0. The van der Waals surface area contributed by atoms with E-state index in [-0.39, 0.29) is 0 Å². The highest BCUT2D eigenvalue weighted by atomic mass is 16.2. The summed E-state index contributed by atoms with van der Waals surface area (Å²) in [4.78, 5) is 0. The molecule has 0 aromatic carbocycles. The van der Waals surface area contributed by atoms with Crippen LogP contribution in [0.4, 0.5) is 0 Å². The first-order valence-corrected chi connectivity index (χ1v) is 0.855.